The van der Waals surface area contributed by atoms with Crippen molar-refractivity contribution in [3.8, 4) is 11.5 Å². The second-order valence-electron chi connectivity index (χ2n) is 5.29. The third kappa shape index (κ3) is 6.89. The molecule has 2 rings (SSSR count). The van der Waals surface area contributed by atoms with E-state index >= 15 is 0 Å². The number of aromatic hydroxyl groups is 2. The van der Waals surface area contributed by atoms with Crippen molar-refractivity contribution in [1.29, 1.82) is 0 Å². The van der Waals surface area contributed by atoms with Gasteiger partial charge in [-0.2, -0.15) is 0 Å². The summed E-state index contributed by atoms with van der Waals surface area (Å²) in [5, 5.41) is 18.0. The Kier molecular flexibility index (Phi) is 7.68. The van der Waals surface area contributed by atoms with Crippen LogP contribution in [0.15, 0.2) is 58.3 Å². The highest BCUT2D eigenvalue weighted by Gasteiger charge is 2.18. The standard InChI is InChI=1S/C18H19NO5S2/c19-18(23)16(26-15-7-3-13(21)4-8-15)9-10-24-17(22)11-25-14-5-1-12(20)2-6-14/h1-8,16,20-21H,9-11H2,(H2,19,23). The van der Waals surface area contributed by atoms with Crippen LogP contribution in [0.3, 0.4) is 0 Å². The molecule has 0 aliphatic heterocycles. The van der Waals surface area contributed by atoms with Crippen LogP contribution >= 0.6 is 23.5 Å². The van der Waals surface area contributed by atoms with E-state index in [0.29, 0.717) is 6.42 Å². The Morgan fingerprint density at radius 3 is 2.04 bits per heavy atom. The van der Waals surface area contributed by atoms with E-state index in [1.165, 1.54) is 35.7 Å². The Balaban J connectivity index is 1.74. The van der Waals surface area contributed by atoms with Crippen molar-refractivity contribution in [3.63, 3.8) is 0 Å². The Labute approximate surface area is 159 Å². The molecule has 0 bridgehead atoms. The van der Waals surface area contributed by atoms with Crippen LogP contribution < -0.4 is 5.73 Å². The van der Waals surface area contributed by atoms with Gasteiger partial charge in [0.1, 0.15) is 11.5 Å². The molecule has 1 atom stereocenters. The number of thioether (sulfide) groups is 2. The van der Waals surface area contributed by atoms with E-state index in [-0.39, 0.29) is 29.8 Å². The lowest BCUT2D eigenvalue weighted by Crippen LogP contribution is -2.27. The zero-order valence-electron chi connectivity index (χ0n) is 13.8. The van der Waals surface area contributed by atoms with Crippen LogP contribution in [0.25, 0.3) is 0 Å². The number of carbonyl (C=O) groups is 2. The number of phenolic OH excluding ortho intramolecular Hbond substituents is 2. The molecule has 4 N–H and O–H groups in total. The number of hydrogen-bond donors (Lipinski definition) is 3. The molecular formula is C18H19NO5S2. The van der Waals surface area contributed by atoms with Gasteiger partial charge in [0.25, 0.3) is 0 Å². The summed E-state index contributed by atoms with van der Waals surface area (Å²) in [5.74, 6) is -0.430. The molecule has 2 aromatic carbocycles. The quantitative estimate of drug-likeness (QED) is 0.444. The fourth-order valence-electron chi connectivity index (χ4n) is 1.95. The maximum absolute atomic E-state index is 11.8. The van der Waals surface area contributed by atoms with E-state index in [9.17, 15) is 19.8 Å². The van der Waals surface area contributed by atoms with Crippen LogP contribution in [0.4, 0.5) is 0 Å². The molecule has 0 saturated carbocycles. The van der Waals surface area contributed by atoms with E-state index in [1.54, 1.807) is 36.4 Å². The number of phenols is 2. The number of carbonyl (C=O) groups excluding carboxylic acids is 2. The number of rotatable bonds is 9. The summed E-state index contributed by atoms with van der Waals surface area (Å²) in [6.07, 6.45) is 0.302. The lowest BCUT2D eigenvalue weighted by Gasteiger charge is -2.13. The Bertz CT molecular complexity index is 734. The summed E-state index contributed by atoms with van der Waals surface area (Å²) in [7, 11) is 0. The average Bonchev–Trinajstić information content (AvgIpc) is 2.62. The van der Waals surface area contributed by atoms with E-state index in [0.717, 1.165) is 9.79 Å². The summed E-state index contributed by atoms with van der Waals surface area (Å²) in [5.41, 5.74) is 5.40. The molecule has 26 heavy (non-hydrogen) atoms. The molecule has 138 valence electrons. The summed E-state index contributed by atoms with van der Waals surface area (Å²) < 4.78 is 5.15. The minimum Gasteiger partial charge on any atom is -0.508 e. The summed E-state index contributed by atoms with van der Waals surface area (Å²) in [4.78, 5) is 25.0. The number of ether oxygens (including phenoxy) is 1. The van der Waals surface area contributed by atoms with Crippen molar-refractivity contribution in [3.05, 3.63) is 48.5 Å². The number of esters is 1. The monoisotopic (exact) mass is 393 g/mol. The Morgan fingerprint density at radius 2 is 1.50 bits per heavy atom. The van der Waals surface area contributed by atoms with Gasteiger partial charge >= 0.3 is 5.97 Å². The van der Waals surface area contributed by atoms with Gasteiger partial charge in [0.15, 0.2) is 0 Å². The average molecular weight is 393 g/mol. The molecule has 0 heterocycles. The highest BCUT2D eigenvalue weighted by Crippen LogP contribution is 2.27. The Hall–Kier alpha value is -2.32. The molecule has 8 heteroatoms. The van der Waals surface area contributed by atoms with Crippen molar-refractivity contribution in [2.75, 3.05) is 12.4 Å². The van der Waals surface area contributed by atoms with Gasteiger partial charge in [-0.25, -0.2) is 0 Å². The van der Waals surface area contributed by atoms with Gasteiger partial charge in [-0.1, -0.05) is 0 Å². The molecule has 0 saturated heterocycles. The SMILES string of the molecule is NC(=O)C(CCOC(=O)CSc1ccc(O)cc1)Sc1ccc(O)cc1. The molecule has 0 spiro atoms. The zero-order chi connectivity index (χ0) is 18.9. The molecule has 0 fully saturated rings. The van der Waals surface area contributed by atoms with Crippen LogP contribution in [0, 0.1) is 0 Å². The third-order valence-corrected chi connectivity index (χ3v) is 5.55. The van der Waals surface area contributed by atoms with Crippen molar-refractivity contribution in [2.45, 2.75) is 21.5 Å². The van der Waals surface area contributed by atoms with Crippen molar-refractivity contribution >= 4 is 35.4 Å². The maximum atomic E-state index is 11.8. The topological polar surface area (TPSA) is 110 Å². The van der Waals surface area contributed by atoms with E-state index in [4.69, 9.17) is 10.5 Å². The summed E-state index contributed by atoms with van der Waals surface area (Å²) in [6.45, 7) is 0.0909. The van der Waals surface area contributed by atoms with Gasteiger partial charge < -0.3 is 20.7 Å². The smallest absolute Gasteiger partial charge is 0.316 e. The van der Waals surface area contributed by atoms with Crippen molar-refractivity contribution < 1.29 is 24.5 Å². The fraction of sp³-hybridized carbons (Fsp3) is 0.222. The normalized spacial score (nSPS) is 11.7. The maximum Gasteiger partial charge on any atom is 0.316 e. The van der Waals surface area contributed by atoms with E-state index in [1.807, 2.05) is 0 Å². The molecule has 0 radical (unpaired) electrons. The molecule has 0 aliphatic carbocycles. The minimum atomic E-state index is -0.530. The van der Waals surface area contributed by atoms with Gasteiger partial charge in [-0.3, -0.25) is 9.59 Å². The highest BCUT2D eigenvalue weighted by atomic mass is 32.2. The predicted octanol–water partition coefficient (Wildman–Crippen LogP) is 2.77. The molecule has 0 aromatic heterocycles. The number of benzene rings is 2. The first-order valence-corrected chi connectivity index (χ1v) is 9.63. The first kappa shape index (κ1) is 20.0. The van der Waals surface area contributed by atoms with Gasteiger partial charge in [0.05, 0.1) is 17.6 Å². The van der Waals surface area contributed by atoms with Crippen LogP contribution in [-0.2, 0) is 14.3 Å². The van der Waals surface area contributed by atoms with Gasteiger partial charge in [-0.05, 0) is 48.5 Å². The number of amides is 1. The lowest BCUT2D eigenvalue weighted by molar-refractivity contribution is -0.140. The molecular weight excluding hydrogens is 374 g/mol. The predicted molar refractivity (Wildman–Crippen MR) is 101 cm³/mol. The van der Waals surface area contributed by atoms with Crippen molar-refractivity contribution in [1.82, 2.24) is 0 Å². The summed E-state index contributed by atoms with van der Waals surface area (Å²) in [6, 6.07) is 13.0. The second kappa shape index (κ2) is 9.98. The highest BCUT2D eigenvalue weighted by molar-refractivity contribution is 8.00. The third-order valence-electron chi connectivity index (χ3n) is 3.27. The lowest BCUT2D eigenvalue weighted by atomic mass is 10.3. The second-order valence-corrected chi connectivity index (χ2v) is 7.62. The first-order chi connectivity index (χ1) is 12.4. The van der Waals surface area contributed by atoms with Crippen LogP contribution in [0.2, 0.25) is 0 Å². The van der Waals surface area contributed by atoms with Gasteiger partial charge in [0, 0.05) is 16.2 Å². The van der Waals surface area contributed by atoms with Gasteiger partial charge in [0.2, 0.25) is 5.91 Å². The van der Waals surface area contributed by atoms with E-state index in [2.05, 4.69) is 0 Å². The number of hydrogen-bond acceptors (Lipinski definition) is 7. The largest absolute Gasteiger partial charge is 0.508 e. The molecule has 1 unspecified atom stereocenters. The molecule has 0 aliphatic rings. The first-order valence-electron chi connectivity index (χ1n) is 7.76. The van der Waals surface area contributed by atoms with Gasteiger partial charge in [-0.15, -0.1) is 23.5 Å². The number of nitrogens with two attached hydrogens (primary N) is 1. The van der Waals surface area contributed by atoms with E-state index < -0.39 is 11.2 Å². The number of primary amides is 1. The molecule has 1 amide bonds. The molecule has 2 aromatic rings. The minimum absolute atomic E-state index is 0.0909. The summed E-state index contributed by atoms with van der Waals surface area (Å²) >= 11 is 2.56. The van der Waals surface area contributed by atoms with Crippen LogP contribution in [-0.4, -0.2) is 39.7 Å². The van der Waals surface area contributed by atoms with Crippen molar-refractivity contribution in [2.24, 2.45) is 5.73 Å². The zero-order valence-corrected chi connectivity index (χ0v) is 15.5. The fourth-order valence-corrected chi connectivity index (χ4v) is 3.60. The molecule has 6 nitrogen and oxygen atoms in total. The Morgan fingerprint density at radius 1 is 0.962 bits per heavy atom. The van der Waals surface area contributed by atoms with Crippen LogP contribution in [0.5, 0.6) is 11.5 Å². The van der Waals surface area contributed by atoms with Crippen LogP contribution in [0.1, 0.15) is 6.42 Å².